The van der Waals surface area contributed by atoms with Crippen LogP contribution in [0.5, 0.6) is 0 Å². The van der Waals surface area contributed by atoms with E-state index in [1.807, 2.05) is 41.8 Å². The summed E-state index contributed by atoms with van der Waals surface area (Å²) in [6, 6.07) is 11.8. The number of rotatable bonds is 2. The van der Waals surface area contributed by atoms with Crippen molar-refractivity contribution in [2.24, 2.45) is 5.73 Å². The summed E-state index contributed by atoms with van der Waals surface area (Å²) in [5, 5.41) is 1.96. The van der Waals surface area contributed by atoms with Crippen LogP contribution in [0.4, 0.5) is 0 Å². The molecule has 0 bridgehead atoms. The molecular formula is C11H10ClNS. The van der Waals surface area contributed by atoms with Crippen molar-refractivity contribution in [3.63, 3.8) is 0 Å². The van der Waals surface area contributed by atoms with E-state index in [2.05, 4.69) is 0 Å². The van der Waals surface area contributed by atoms with Crippen molar-refractivity contribution >= 4 is 22.9 Å². The Balaban J connectivity index is 2.34. The topological polar surface area (TPSA) is 26.0 Å². The summed E-state index contributed by atoms with van der Waals surface area (Å²) in [7, 11) is 0. The molecule has 3 heteroatoms. The van der Waals surface area contributed by atoms with Gasteiger partial charge in [-0.1, -0.05) is 41.9 Å². The summed E-state index contributed by atoms with van der Waals surface area (Å²) >= 11 is 7.54. The molecule has 0 saturated carbocycles. The summed E-state index contributed by atoms with van der Waals surface area (Å²) in [6.45, 7) is 0. The normalized spacial score (nSPS) is 12.7. The van der Waals surface area contributed by atoms with Gasteiger partial charge < -0.3 is 5.73 Å². The van der Waals surface area contributed by atoms with Gasteiger partial charge in [0.05, 0.1) is 10.4 Å². The van der Waals surface area contributed by atoms with Crippen LogP contribution in [0.25, 0.3) is 0 Å². The van der Waals surface area contributed by atoms with Crippen LogP contribution >= 0.6 is 22.9 Å². The average molecular weight is 224 g/mol. The fourth-order valence-electron chi connectivity index (χ4n) is 1.37. The maximum absolute atomic E-state index is 6.08. The van der Waals surface area contributed by atoms with Crippen LogP contribution in [0.3, 0.4) is 0 Å². The Labute approximate surface area is 92.1 Å². The quantitative estimate of drug-likeness (QED) is 0.829. The van der Waals surface area contributed by atoms with Crippen molar-refractivity contribution in [1.82, 2.24) is 0 Å². The molecule has 0 fully saturated rings. The number of thiophene rings is 1. The van der Waals surface area contributed by atoms with E-state index in [0.717, 1.165) is 15.5 Å². The number of nitrogens with two attached hydrogens (primary N) is 1. The summed E-state index contributed by atoms with van der Waals surface area (Å²) < 4.78 is 0.779. The second-order valence-corrected chi connectivity index (χ2v) is 4.56. The Morgan fingerprint density at radius 3 is 2.43 bits per heavy atom. The van der Waals surface area contributed by atoms with E-state index in [0.29, 0.717) is 0 Å². The predicted molar refractivity (Wildman–Crippen MR) is 61.8 cm³/mol. The first-order valence-corrected chi connectivity index (χ1v) is 5.58. The molecule has 2 N–H and O–H groups in total. The fourth-order valence-corrected chi connectivity index (χ4v) is 2.37. The van der Waals surface area contributed by atoms with Gasteiger partial charge in [-0.3, -0.25) is 0 Å². The maximum Gasteiger partial charge on any atom is 0.0979 e. The largest absolute Gasteiger partial charge is 0.320 e. The molecule has 1 nitrogen and oxygen atoms in total. The third-order valence-electron chi connectivity index (χ3n) is 2.14. The minimum absolute atomic E-state index is 0.116. The Bertz CT molecular complexity index is 410. The zero-order valence-electron chi connectivity index (χ0n) is 7.48. The van der Waals surface area contributed by atoms with Crippen molar-refractivity contribution in [2.75, 3.05) is 0 Å². The predicted octanol–water partition coefficient (Wildman–Crippen LogP) is 3.45. The Hall–Kier alpha value is -0.830. The average Bonchev–Trinajstić information content (AvgIpc) is 2.65. The minimum Gasteiger partial charge on any atom is -0.320 e. The monoisotopic (exact) mass is 223 g/mol. The van der Waals surface area contributed by atoms with E-state index in [1.165, 1.54) is 11.3 Å². The van der Waals surface area contributed by atoms with Gasteiger partial charge >= 0.3 is 0 Å². The molecule has 2 rings (SSSR count). The number of benzene rings is 1. The molecular weight excluding hydrogens is 214 g/mol. The Morgan fingerprint density at radius 2 is 1.86 bits per heavy atom. The highest BCUT2D eigenvalue weighted by molar-refractivity contribution is 7.14. The molecule has 2 aromatic rings. The summed E-state index contributed by atoms with van der Waals surface area (Å²) in [5.74, 6) is 0. The lowest BCUT2D eigenvalue weighted by Crippen LogP contribution is -2.10. The van der Waals surface area contributed by atoms with Crippen LogP contribution in [0.2, 0.25) is 4.34 Å². The zero-order chi connectivity index (χ0) is 9.97. The Morgan fingerprint density at radius 1 is 1.14 bits per heavy atom. The molecule has 0 aliphatic carbocycles. The van der Waals surface area contributed by atoms with E-state index in [4.69, 9.17) is 17.3 Å². The van der Waals surface area contributed by atoms with Crippen LogP contribution in [0.1, 0.15) is 17.2 Å². The first kappa shape index (κ1) is 9.71. The highest BCUT2D eigenvalue weighted by Gasteiger charge is 2.12. The number of hydrogen-bond donors (Lipinski definition) is 1. The third kappa shape index (κ3) is 1.82. The standard InChI is InChI=1S/C11H10ClNS/c12-11-9(6-7-14-11)10(13)8-4-2-1-3-5-8/h1-7,10H,13H2. The van der Waals surface area contributed by atoms with E-state index >= 15 is 0 Å². The molecule has 0 radical (unpaired) electrons. The van der Waals surface area contributed by atoms with E-state index in [9.17, 15) is 0 Å². The van der Waals surface area contributed by atoms with Gasteiger partial charge in [-0.15, -0.1) is 11.3 Å². The van der Waals surface area contributed by atoms with Crippen molar-refractivity contribution in [2.45, 2.75) is 6.04 Å². The van der Waals surface area contributed by atoms with Crippen molar-refractivity contribution in [1.29, 1.82) is 0 Å². The lowest BCUT2D eigenvalue weighted by Gasteiger charge is -2.10. The first-order chi connectivity index (χ1) is 6.79. The molecule has 0 aliphatic heterocycles. The summed E-state index contributed by atoms with van der Waals surface area (Å²) in [5.41, 5.74) is 8.18. The lowest BCUT2D eigenvalue weighted by molar-refractivity contribution is 0.877. The molecule has 0 aliphatic rings. The molecule has 1 aromatic heterocycles. The van der Waals surface area contributed by atoms with Crippen molar-refractivity contribution < 1.29 is 0 Å². The molecule has 1 unspecified atom stereocenters. The Kier molecular flexibility index (Phi) is 2.87. The molecule has 1 heterocycles. The fraction of sp³-hybridized carbons (Fsp3) is 0.0909. The SMILES string of the molecule is NC(c1ccccc1)c1ccsc1Cl. The van der Waals surface area contributed by atoms with Gasteiger partial charge in [-0.05, 0) is 17.0 Å². The zero-order valence-corrected chi connectivity index (χ0v) is 9.05. The summed E-state index contributed by atoms with van der Waals surface area (Å²) in [6.07, 6.45) is 0. The van der Waals surface area contributed by atoms with Gasteiger partial charge in [0, 0.05) is 5.56 Å². The highest BCUT2D eigenvalue weighted by atomic mass is 35.5. The molecule has 0 amide bonds. The van der Waals surface area contributed by atoms with Gasteiger partial charge in [0.25, 0.3) is 0 Å². The van der Waals surface area contributed by atoms with Gasteiger partial charge in [-0.2, -0.15) is 0 Å². The highest BCUT2D eigenvalue weighted by Crippen LogP contribution is 2.30. The van der Waals surface area contributed by atoms with E-state index in [1.54, 1.807) is 0 Å². The van der Waals surface area contributed by atoms with Crippen molar-refractivity contribution in [3.8, 4) is 0 Å². The second-order valence-electron chi connectivity index (χ2n) is 3.04. The van der Waals surface area contributed by atoms with E-state index < -0.39 is 0 Å². The van der Waals surface area contributed by atoms with Gasteiger partial charge in [0.15, 0.2) is 0 Å². The first-order valence-electron chi connectivity index (χ1n) is 4.32. The van der Waals surface area contributed by atoms with Gasteiger partial charge in [-0.25, -0.2) is 0 Å². The van der Waals surface area contributed by atoms with Crippen LogP contribution in [0.15, 0.2) is 41.8 Å². The molecule has 1 aromatic carbocycles. The second kappa shape index (κ2) is 4.13. The van der Waals surface area contributed by atoms with Gasteiger partial charge in [0.1, 0.15) is 0 Å². The number of hydrogen-bond acceptors (Lipinski definition) is 2. The summed E-state index contributed by atoms with van der Waals surface area (Å²) in [4.78, 5) is 0. The molecule has 14 heavy (non-hydrogen) atoms. The molecule has 0 spiro atoms. The molecule has 72 valence electrons. The van der Waals surface area contributed by atoms with Crippen LogP contribution in [0, 0.1) is 0 Å². The minimum atomic E-state index is -0.116. The lowest BCUT2D eigenvalue weighted by atomic mass is 10.0. The third-order valence-corrected chi connectivity index (χ3v) is 3.34. The smallest absolute Gasteiger partial charge is 0.0979 e. The van der Waals surface area contributed by atoms with Crippen LogP contribution in [-0.4, -0.2) is 0 Å². The van der Waals surface area contributed by atoms with Crippen LogP contribution < -0.4 is 5.73 Å². The molecule has 1 atom stereocenters. The number of halogens is 1. The van der Waals surface area contributed by atoms with Crippen molar-refractivity contribution in [3.05, 3.63) is 57.2 Å². The van der Waals surface area contributed by atoms with Gasteiger partial charge in [0.2, 0.25) is 0 Å². The van der Waals surface area contributed by atoms with Crippen LogP contribution in [-0.2, 0) is 0 Å². The maximum atomic E-state index is 6.08. The van der Waals surface area contributed by atoms with E-state index in [-0.39, 0.29) is 6.04 Å². The molecule has 0 saturated heterocycles.